The lowest BCUT2D eigenvalue weighted by Crippen LogP contribution is -2.29. The van der Waals surface area contributed by atoms with Crippen LogP contribution in [0.3, 0.4) is 0 Å². The number of nitrogens with zero attached hydrogens (tertiary/aromatic N) is 6. The van der Waals surface area contributed by atoms with Gasteiger partial charge in [-0.05, 0) is 30.9 Å². The van der Waals surface area contributed by atoms with Crippen molar-refractivity contribution in [3.05, 3.63) is 36.5 Å². The van der Waals surface area contributed by atoms with Crippen LogP contribution in [0, 0.1) is 5.92 Å². The lowest BCUT2D eigenvalue weighted by Gasteiger charge is -2.26. The molecule has 1 fully saturated rings. The topological polar surface area (TPSA) is 89.7 Å². The van der Waals surface area contributed by atoms with E-state index in [2.05, 4.69) is 49.8 Å². The Balaban J connectivity index is 1.37. The van der Waals surface area contributed by atoms with Gasteiger partial charge in [0.15, 0.2) is 5.75 Å². The van der Waals surface area contributed by atoms with Crippen LogP contribution in [0.4, 0.5) is 11.4 Å². The first kappa shape index (κ1) is 19.2. The maximum Gasteiger partial charge on any atom is 0.222 e. The molecule has 6 rings (SSSR count). The van der Waals surface area contributed by atoms with Gasteiger partial charge in [-0.2, -0.15) is 9.61 Å². The molecule has 9 heteroatoms. The van der Waals surface area contributed by atoms with E-state index in [4.69, 9.17) is 14.5 Å². The number of aromatic nitrogens is 5. The molecule has 2 aliphatic rings. The van der Waals surface area contributed by atoms with Gasteiger partial charge in [-0.15, -0.1) is 10.2 Å². The van der Waals surface area contributed by atoms with Crippen LogP contribution in [0.25, 0.3) is 28.1 Å². The average molecular weight is 432 g/mol. The number of fused-ring (bicyclic) bond motifs is 4. The Bertz CT molecular complexity index is 1280. The minimum Gasteiger partial charge on any atom is -0.486 e. The zero-order chi connectivity index (χ0) is 21.5. The third-order valence-electron chi connectivity index (χ3n) is 6.33. The number of likely N-dealkylation sites (N-methyl/N-ethyl adjacent to an activating group) is 1. The molecule has 5 heterocycles. The van der Waals surface area contributed by atoms with Gasteiger partial charge in [-0.25, -0.2) is 4.98 Å². The van der Waals surface area contributed by atoms with E-state index >= 15 is 0 Å². The van der Waals surface area contributed by atoms with E-state index in [1.54, 1.807) is 10.7 Å². The number of hydrogen-bond donors (Lipinski definition) is 1. The van der Waals surface area contributed by atoms with Gasteiger partial charge in [0.1, 0.15) is 18.0 Å². The van der Waals surface area contributed by atoms with E-state index in [0.717, 1.165) is 67.1 Å². The summed E-state index contributed by atoms with van der Waals surface area (Å²) in [5.74, 6) is 1.93. The third-order valence-corrected chi connectivity index (χ3v) is 6.33. The normalized spacial score (nSPS) is 16.8. The molecule has 0 saturated carbocycles. The smallest absolute Gasteiger partial charge is 0.222 e. The minimum atomic E-state index is 0.598. The number of anilines is 2. The summed E-state index contributed by atoms with van der Waals surface area (Å²) in [7, 11) is 2.02. The quantitative estimate of drug-likeness (QED) is 0.527. The third kappa shape index (κ3) is 3.29. The van der Waals surface area contributed by atoms with Gasteiger partial charge in [0, 0.05) is 32.2 Å². The lowest BCUT2D eigenvalue weighted by atomic mass is 10.0. The fourth-order valence-corrected chi connectivity index (χ4v) is 4.41. The second-order valence-corrected chi connectivity index (χ2v) is 8.40. The van der Waals surface area contributed by atoms with Gasteiger partial charge in [0.2, 0.25) is 11.5 Å². The molecular formula is C23H25N7O2. The summed E-state index contributed by atoms with van der Waals surface area (Å²) >= 11 is 0. The summed E-state index contributed by atoms with van der Waals surface area (Å²) in [6, 6.07) is 10.3. The first-order valence-corrected chi connectivity index (χ1v) is 11.1. The molecule has 1 saturated heterocycles. The van der Waals surface area contributed by atoms with Gasteiger partial charge >= 0.3 is 0 Å². The largest absolute Gasteiger partial charge is 0.486 e. The van der Waals surface area contributed by atoms with E-state index in [0.29, 0.717) is 29.7 Å². The van der Waals surface area contributed by atoms with Crippen molar-refractivity contribution in [2.24, 2.45) is 5.92 Å². The van der Waals surface area contributed by atoms with E-state index in [9.17, 15) is 0 Å². The summed E-state index contributed by atoms with van der Waals surface area (Å²) < 4.78 is 13.1. The zero-order valence-electron chi connectivity index (χ0n) is 18.0. The summed E-state index contributed by atoms with van der Waals surface area (Å²) in [6.07, 6.45) is 3.99. The van der Waals surface area contributed by atoms with Crippen molar-refractivity contribution in [3.8, 4) is 17.3 Å². The maximum atomic E-state index is 5.89. The van der Waals surface area contributed by atoms with Gasteiger partial charge < -0.3 is 19.7 Å². The van der Waals surface area contributed by atoms with Crippen LogP contribution in [0.1, 0.15) is 12.8 Å². The summed E-state index contributed by atoms with van der Waals surface area (Å²) in [5.41, 5.74) is 4.20. The Hall–Kier alpha value is -3.46. The highest BCUT2D eigenvalue weighted by Gasteiger charge is 2.23. The second-order valence-electron chi connectivity index (χ2n) is 8.40. The molecule has 0 amide bonds. The summed E-state index contributed by atoms with van der Waals surface area (Å²) in [5, 5.41) is 18.1. The van der Waals surface area contributed by atoms with Gasteiger partial charge in [-0.1, -0.05) is 18.2 Å². The summed E-state index contributed by atoms with van der Waals surface area (Å²) in [4.78, 5) is 7.07. The number of benzene rings is 1. The van der Waals surface area contributed by atoms with Crippen LogP contribution < -0.4 is 15.0 Å². The van der Waals surface area contributed by atoms with Crippen molar-refractivity contribution in [2.45, 2.75) is 12.8 Å². The number of pyridine rings is 1. The number of para-hydroxylation sites is 1. The van der Waals surface area contributed by atoms with Crippen LogP contribution in [0.2, 0.25) is 0 Å². The Morgan fingerprint density at radius 2 is 2.00 bits per heavy atom. The molecule has 0 spiro atoms. The zero-order valence-corrected chi connectivity index (χ0v) is 18.0. The highest BCUT2D eigenvalue weighted by atomic mass is 16.5. The molecule has 9 nitrogen and oxygen atoms in total. The molecule has 1 aromatic carbocycles. The van der Waals surface area contributed by atoms with E-state index in [1.165, 1.54) is 0 Å². The molecule has 4 aromatic rings. The Kier molecular flexibility index (Phi) is 4.75. The minimum absolute atomic E-state index is 0.598. The SMILES string of the molecule is CN1CCOc2c1cnn1c(-c3ccc4cccc(NCC5CCOCC5)c4n3)nnc21. The van der Waals surface area contributed by atoms with E-state index < -0.39 is 0 Å². The number of rotatable bonds is 4. The first-order chi connectivity index (χ1) is 15.8. The van der Waals surface area contributed by atoms with Crippen LogP contribution in [-0.4, -0.2) is 64.8 Å². The first-order valence-electron chi connectivity index (χ1n) is 11.1. The predicted molar refractivity (Wildman–Crippen MR) is 122 cm³/mol. The van der Waals surface area contributed by atoms with Crippen molar-refractivity contribution in [3.63, 3.8) is 0 Å². The standard InChI is InChI=1S/C23H25N7O2/c1-29-9-12-32-21-19(29)14-25-30-22(27-28-23(21)30)18-6-5-16-3-2-4-17(20(16)26-18)24-13-15-7-10-31-11-8-15/h2-6,14-15,24H,7-13H2,1H3. The second kappa shape index (κ2) is 7.90. The average Bonchev–Trinajstić information content (AvgIpc) is 3.28. The summed E-state index contributed by atoms with van der Waals surface area (Å²) in [6.45, 7) is 4.05. The van der Waals surface area contributed by atoms with Crippen LogP contribution in [-0.2, 0) is 4.74 Å². The fraction of sp³-hybridized carbons (Fsp3) is 0.391. The molecule has 32 heavy (non-hydrogen) atoms. The van der Waals surface area contributed by atoms with Gasteiger partial charge in [0.25, 0.3) is 0 Å². The van der Waals surface area contributed by atoms with Crippen LogP contribution >= 0.6 is 0 Å². The lowest BCUT2D eigenvalue weighted by molar-refractivity contribution is 0.0699. The van der Waals surface area contributed by atoms with Crippen molar-refractivity contribution in [1.29, 1.82) is 0 Å². The van der Waals surface area contributed by atoms with Crippen molar-refractivity contribution >= 4 is 27.9 Å². The van der Waals surface area contributed by atoms with Crippen molar-refractivity contribution in [1.82, 2.24) is 24.8 Å². The van der Waals surface area contributed by atoms with E-state index in [1.807, 2.05) is 13.1 Å². The molecule has 2 aliphatic heterocycles. The fourth-order valence-electron chi connectivity index (χ4n) is 4.41. The predicted octanol–water partition coefficient (Wildman–Crippen LogP) is 3.01. The van der Waals surface area contributed by atoms with Crippen LogP contribution in [0.5, 0.6) is 5.75 Å². The van der Waals surface area contributed by atoms with E-state index in [-0.39, 0.29) is 0 Å². The number of nitrogens with one attached hydrogen (secondary N) is 1. The molecule has 0 unspecified atom stereocenters. The molecule has 3 aromatic heterocycles. The molecule has 1 N–H and O–H groups in total. The molecule has 0 aliphatic carbocycles. The van der Waals surface area contributed by atoms with Crippen molar-refractivity contribution in [2.75, 3.05) is 50.2 Å². The van der Waals surface area contributed by atoms with Gasteiger partial charge in [-0.3, -0.25) is 0 Å². The van der Waals surface area contributed by atoms with Gasteiger partial charge in [0.05, 0.1) is 23.9 Å². The highest BCUT2D eigenvalue weighted by Crippen LogP contribution is 2.34. The highest BCUT2D eigenvalue weighted by molar-refractivity contribution is 5.91. The molecular weight excluding hydrogens is 406 g/mol. The molecule has 0 bridgehead atoms. The Labute approximate surface area is 185 Å². The monoisotopic (exact) mass is 431 g/mol. The number of ether oxygens (including phenoxy) is 2. The van der Waals surface area contributed by atoms with Crippen molar-refractivity contribution < 1.29 is 9.47 Å². The van der Waals surface area contributed by atoms with Crippen LogP contribution in [0.15, 0.2) is 36.5 Å². The molecule has 0 radical (unpaired) electrons. The maximum absolute atomic E-state index is 5.89. The Morgan fingerprint density at radius 3 is 2.91 bits per heavy atom. The number of hydrogen-bond acceptors (Lipinski definition) is 8. The molecule has 164 valence electrons. The Morgan fingerprint density at radius 1 is 1.09 bits per heavy atom. The molecule has 0 atom stereocenters.